The van der Waals surface area contributed by atoms with Gasteiger partial charge in [-0.15, -0.1) is 0 Å². The molecule has 0 bridgehead atoms. The molecule has 0 spiro atoms. The monoisotopic (exact) mass is 347 g/mol. The zero-order valence-electron chi connectivity index (χ0n) is 13.2. The number of ether oxygens (including phenoxy) is 1. The summed E-state index contributed by atoms with van der Waals surface area (Å²) in [6.45, 7) is 0. The van der Waals surface area contributed by atoms with Gasteiger partial charge in [-0.25, -0.2) is 4.79 Å². The molecule has 2 rings (SSSR count). The number of para-hydroxylation sites is 1. The van der Waals surface area contributed by atoms with Crippen LogP contribution < -0.4 is 15.4 Å². The van der Waals surface area contributed by atoms with Crippen molar-refractivity contribution in [1.29, 1.82) is 0 Å². The summed E-state index contributed by atoms with van der Waals surface area (Å²) >= 11 is 0. The van der Waals surface area contributed by atoms with E-state index < -0.39 is 10.0 Å². The molecule has 0 heterocycles. The summed E-state index contributed by atoms with van der Waals surface area (Å²) in [5.41, 5.74) is 1.03. The fourth-order valence-electron chi connectivity index (χ4n) is 1.86. The Bertz CT molecular complexity index is 846. The van der Waals surface area contributed by atoms with Crippen molar-refractivity contribution in [2.24, 2.45) is 4.40 Å². The van der Waals surface area contributed by atoms with Crippen molar-refractivity contribution < 1.29 is 17.9 Å². The van der Waals surface area contributed by atoms with E-state index in [0.29, 0.717) is 17.0 Å². The number of carbonyl (C=O) groups excluding carboxylic acids is 1. The molecule has 0 saturated heterocycles. The van der Waals surface area contributed by atoms with Gasteiger partial charge >= 0.3 is 6.03 Å². The maximum absolute atomic E-state index is 12.3. The first-order valence-corrected chi connectivity index (χ1v) is 8.42. The van der Waals surface area contributed by atoms with Crippen LogP contribution in [0.4, 0.5) is 10.5 Å². The van der Waals surface area contributed by atoms with Gasteiger partial charge in [0.15, 0.2) is 0 Å². The summed E-state index contributed by atoms with van der Waals surface area (Å²) in [5, 5.41) is 4.95. The maximum atomic E-state index is 12.3. The quantitative estimate of drug-likeness (QED) is 0.811. The molecule has 0 saturated carbocycles. The molecule has 2 N–H and O–H groups in total. The van der Waals surface area contributed by atoms with Crippen LogP contribution in [-0.4, -0.2) is 34.8 Å². The molecule has 0 aliphatic carbocycles. The van der Waals surface area contributed by atoms with E-state index in [1.54, 1.807) is 24.3 Å². The maximum Gasteiger partial charge on any atom is 0.318 e. The third kappa shape index (κ3) is 4.32. The lowest BCUT2D eigenvalue weighted by atomic mass is 10.2. The highest BCUT2D eigenvalue weighted by atomic mass is 32.2. The topological polar surface area (TPSA) is 96.9 Å². The average Bonchev–Trinajstić information content (AvgIpc) is 2.60. The molecule has 2 aromatic carbocycles. The summed E-state index contributed by atoms with van der Waals surface area (Å²) in [6, 6.07) is 12.3. The van der Waals surface area contributed by atoms with E-state index >= 15 is 0 Å². The summed E-state index contributed by atoms with van der Waals surface area (Å²) in [4.78, 5) is 11.2. The molecule has 0 atom stereocenters. The van der Waals surface area contributed by atoms with Crippen LogP contribution in [0.15, 0.2) is 57.8 Å². The van der Waals surface area contributed by atoms with E-state index in [1.807, 2.05) is 0 Å². The van der Waals surface area contributed by atoms with Crippen LogP contribution in [0.1, 0.15) is 5.56 Å². The summed E-state index contributed by atoms with van der Waals surface area (Å²) < 4.78 is 33.3. The Morgan fingerprint density at radius 2 is 1.79 bits per heavy atom. The Kier molecular flexibility index (Phi) is 5.54. The van der Waals surface area contributed by atoms with Gasteiger partial charge in [-0.3, -0.25) is 0 Å². The van der Waals surface area contributed by atoms with Crippen molar-refractivity contribution in [2.45, 2.75) is 4.90 Å². The SMILES string of the molecule is CNC(=O)Nc1ccc(S(=O)(=O)N=Cc2ccccc2OC)cc1. The fourth-order valence-corrected chi connectivity index (χ4v) is 2.72. The summed E-state index contributed by atoms with van der Waals surface area (Å²) in [6.07, 6.45) is 1.24. The van der Waals surface area contributed by atoms with Gasteiger partial charge in [0, 0.05) is 18.3 Å². The first kappa shape index (κ1) is 17.5. The van der Waals surface area contributed by atoms with Crippen LogP contribution in [0.5, 0.6) is 5.75 Å². The molecular weight excluding hydrogens is 330 g/mol. The molecule has 0 unspecified atom stereocenters. The second kappa shape index (κ2) is 7.60. The highest BCUT2D eigenvalue weighted by molar-refractivity contribution is 7.90. The van der Waals surface area contributed by atoms with Crippen LogP contribution in [0.3, 0.4) is 0 Å². The number of urea groups is 1. The second-order valence-corrected chi connectivity index (χ2v) is 6.31. The average molecular weight is 347 g/mol. The first-order chi connectivity index (χ1) is 11.5. The normalized spacial score (nSPS) is 11.2. The third-order valence-corrected chi connectivity index (χ3v) is 4.36. The molecule has 0 aliphatic rings. The minimum absolute atomic E-state index is 0.0242. The van der Waals surface area contributed by atoms with Gasteiger partial charge in [0.2, 0.25) is 0 Å². The minimum atomic E-state index is -3.85. The number of amides is 2. The molecule has 7 nitrogen and oxygen atoms in total. The van der Waals surface area contributed by atoms with Crippen LogP contribution in [0.2, 0.25) is 0 Å². The van der Waals surface area contributed by atoms with Crippen molar-refractivity contribution in [1.82, 2.24) is 5.32 Å². The van der Waals surface area contributed by atoms with E-state index in [0.717, 1.165) is 0 Å². The summed E-state index contributed by atoms with van der Waals surface area (Å²) in [7, 11) is -0.862. The zero-order chi connectivity index (χ0) is 17.6. The van der Waals surface area contributed by atoms with Crippen LogP contribution in [0, 0.1) is 0 Å². The Hall–Kier alpha value is -2.87. The van der Waals surface area contributed by atoms with Crippen molar-refractivity contribution in [3.05, 3.63) is 54.1 Å². The highest BCUT2D eigenvalue weighted by Crippen LogP contribution is 2.18. The number of benzene rings is 2. The molecule has 2 amide bonds. The van der Waals surface area contributed by atoms with Crippen molar-refractivity contribution in [3.63, 3.8) is 0 Å². The number of methoxy groups -OCH3 is 1. The van der Waals surface area contributed by atoms with Gasteiger partial charge in [0.05, 0.1) is 18.2 Å². The van der Waals surface area contributed by atoms with Crippen molar-refractivity contribution in [3.8, 4) is 5.75 Å². The largest absolute Gasteiger partial charge is 0.496 e. The number of anilines is 1. The number of hydrogen-bond acceptors (Lipinski definition) is 4. The Labute approximate surface area is 140 Å². The number of carbonyl (C=O) groups is 1. The number of nitrogens with one attached hydrogen (secondary N) is 2. The predicted molar refractivity (Wildman–Crippen MR) is 92.3 cm³/mol. The van der Waals surface area contributed by atoms with E-state index in [2.05, 4.69) is 15.0 Å². The van der Waals surface area contributed by atoms with E-state index in [1.165, 1.54) is 44.6 Å². The highest BCUT2D eigenvalue weighted by Gasteiger charge is 2.12. The molecule has 24 heavy (non-hydrogen) atoms. The number of nitrogens with zero attached hydrogens (tertiary/aromatic N) is 1. The molecule has 0 aromatic heterocycles. The van der Waals surface area contributed by atoms with Crippen LogP contribution in [-0.2, 0) is 10.0 Å². The van der Waals surface area contributed by atoms with Gasteiger partial charge in [-0.1, -0.05) is 12.1 Å². The van der Waals surface area contributed by atoms with Crippen molar-refractivity contribution >= 4 is 28.0 Å². The Morgan fingerprint density at radius 3 is 2.42 bits per heavy atom. The van der Waals surface area contributed by atoms with Crippen LogP contribution >= 0.6 is 0 Å². The lowest BCUT2D eigenvalue weighted by Crippen LogP contribution is -2.24. The fraction of sp³-hybridized carbons (Fsp3) is 0.125. The number of rotatable bonds is 5. The first-order valence-electron chi connectivity index (χ1n) is 6.98. The molecular formula is C16H17N3O4S. The standard InChI is InChI=1S/C16H17N3O4S/c1-17-16(20)19-13-7-9-14(10-8-13)24(21,22)18-11-12-5-3-4-6-15(12)23-2/h3-11H,1-2H3,(H2,17,19,20). The van der Waals surface area contributed by atoms with Gasteiger partial charge in [-0.2, -0.15) is 12.8 Å². The van der Waals surface area contributed by atoms with Gasteiger partial charge in [0.1, 0.15) is 5.75 Å². The lowest BCUT2D eigenvalue weighted by molar-refractivity contribution is 0.254. The lowest BCUT2D eigenvalue weighted by Gasteiger charge is -2.05. The van der Waals surface area contributed by atoms with E-state index in [9.17, 15) is 13.2 Å². The molecule has 0 radical (unpaired) electrons. The number of sulfonamides is 1. The Morgan fingerprint density at radius 1 is 1.12 bits per heavy atom. The molecule has 0 fully saturated rings. The van der Waals surface area contributed by atoms with E-state index in [4.69, 9.17) is 4.74 Å². The van der Waals surface area contributed by atoms with Crippen LogP contribution in [0.25, 0.3) is 0 Å². The predicted octanol–water partition coefficient (Wildman–Crippen LogP) is 2.25. The molecule has 8 heteroatoms. The van der Waals surface area contributed by atoms with Gasteiger partial charge in [-0.05, 0) is 36.4 Å². The zero-order valence-corrected chi connectivity index (χ0v) is 14.0. The minimum Gasteiger partial charge on any atom is -0.496 e. The summed E-state index contributed by atoms with van der Waals surface area (Å²) in [5.74, 6) is 0.529. The number of hydrogen-bond donors (Lipinski definition) is 2. The molecule has 2 aromatic rings. The second-order valence-electron chi connectivity index (χ2n) is 4.68. The van der Waals surface area contributed by atoms with Crippen molar-refractivity contribution in [2.75, 3.05) is 19.5 Å². The van der Waals surface area contributed by atoms with Gasteiger partial charge < -0.3 is 15.4 Å². The Balaban J connectivity index is 2.21. The third-order valence-electron chi connectivity index (χ3n) is 3.11. The smallest absolute Gasteiger partial charge is 0.318 e. The van der Waals surface area contributed by atoms with Gasteiger partial charge in [0.25, 0.3) is 10.0 Å². The molecule has 126 valence electrons. The molecule has 0 aliphatic heterocycles. The van der Waals surface area contributed by atoms with E-state index in [-0.39, 0.29) is 10.9 Å².